The molecule has 2 amide bonds. The third-order valence-corrected chi connectivity index (χ3v) is 6.80. The maximum atomic E-state index is 12.8. The SMILES string of the molecule is CCCCC(=O)Nc1ccc(C(=O)Nc2ccc(S(=O)(=O)N(CCC)CCC)cc2)cc1. The minimum absolute atomic E-state index is 0.0458. The van der Waals surface area contributed by atoms with Crippen molar-refractivity contribution in [2.24, 2.45) is 0 Å². The summed E-state index contributed by atoms with van der Waals surface area (Å²) in [5, 5.41) is 5.58. The molecule has 0 aromatic heterocycles. The zero-order chi connectivity index (χ0) is 23.6. The van der Waals surface area contributed by atoms with Gasteiger partial charge in [-0.25, -0.2) is 8.42 Å². The lowest BCUT2D eigenvalue weighted by molar-refractivity contribution is -0.116. The number of nitrogens with zero attached hydrogens (tertiary/aromatic N) is 1. The van der Waals surface area contributed by atoms with Crippen LogP contribution in [0.1, 0.15) is 63.2 Å². The first-order valence-corrected chi connectivity index (χ1v) is 12.6. The second-order valence-electron chi connectivity index (χ2n) is 7.61. The number of amides is 2. The standard InChI is InChI=1S/C24H33N3O4S/c1-4-7-8-23(28)25-20-11-9-19(10-12-20)24(29)26-21-13-15-22(16-14-21)32(30,31)27(17-5-2)18-6-3/h9-16H,4-8,17-18H2,1-3H3,(H,25,28)(H,26,29). The van der Waals surface area contributed by atoms with Gasteiger partial charge in [0.15, 0.2) is 0 Å². The van der Waals surface area contributed by atoms with Crippen LogP contribution < -0.4 is 10.6 Å². The molecule has 0 aliphatic heterocycles. The Morgan fingerprint density at radius 2 is 1.31 bits per heavy atom. The van der Waals surface area contributed by atoms with Crippen LogP contribution in [0.2, 0.25) is 0 Å². The molecule has 0 heterocycles. The van der Waals surface area contributed by atoms with Gasteiger partial charge in [0.2, 0.25) is 15.9 Å². The van der Waals surface area contributed by atoms with E-state index in [2.05, 4.69) is 10.6 Å². The monoisotopic (exact) mass is 459 g/mol. The van der Waals surface area contributed by atoms with E-state index >= 15 is 0 Å². The number of hydrogen-bond acceptors (Lipinski definition) is 4. The third kappa shape index (κ3) is 7.17. The van der Waals surface area contributed by atoms with Crippen molar-refractivity contribution in [2.45, 2.75) is 57.8 Å². The van der Waals surface area contributed by atoms with Gasteiger partial charge in [-0.15, -0.1) is 0 Å². The predicted molar refractivity (Wildman–Crippen MR) is 128 cm³/mol. The number of rotatable bonds is 12. The zero-order valence-electron chi connectivity index (χ0n) is 19.1. The van der Waals surface area contributed by atoms with Crippen molar-refractivity contribution in [3.8, 4) is 0 Å². The van der Waals surface area contributed by atoms with Crippen molar-refractivity contribution >= 4 is 33.2 Å². The quantitative estimate of drug-likeness (QED) is 0.473. The summed E-state index contributed by atoms with van der Waals surface area (Å²) in [7, 11) is -3.56. The van der Waals surface area contributed by atoms with Crippen molar-refractivity contribution in [1.29, 1.82) is 0 Å². The molecule has 0 saturated heterocycles. The number of nitrogens with one attached hydrogen (secondary N) is 2. The first kappa shape index (κ1) is 25.5. The molecule has 174 valence electrons. The fourth-order valence-electron chi connectivity index (χ4n) is 3.18. The lowest BCUT2D eigenvalue weighted by atomic mass is 10.1. The molecule has 0 bridgehead atoms. The van der Waals surface area contributed by atoms with Gasteiger partial charge in [0.25, 0.3) is 5.91 Å². The average molecular weight is 460 g/mol. The largest absolute Gasteiger partial charge is 0.326 e. The van der Waals surface area contributed by atoms with Crippen LogP contribution in [0.5, 0.6) is 0 Å². The Morgan fingerprint density at radius 1 is 0.781 bits per heavy atom. The second kappa shape index (κ2) is 12.4. The summed E-state index contributed by atoms with van der Waals surface area (Å²) >= 11 is 0. The van der Waals surface area contributed by atoms with Crippen LogP contribution in [0.15, 0.2) is 53.4 Å². The summed E-state index contributed by atoms with van der Waals surface area (Å²) in [5.74, 6) is -0.362. The number of carbonyl (C=O) groups excluding carboxylic acids is 2. The van der Waals surface area contributed by atoms with Crippen LogP contribution in [-0.4, -0.2) is 37.6 Å². The van der Waals surface area contributed by atoms with E-state index in [0.717, 1.165) is 25.7 Å². The lowest BCUT2D eigenvalue weighted by Gasteiger charge is -2.21. The maximum absolute atomic E-state index is 12.8. The first-order valence-electron chi connectivity index (χ1n) is 11.1. The molecule has 2 aromatic rings. The van der Waals surface area contributed by atoms with Crippen LogP contribution in [-0.2, 0) is 14.8 Å². The average Bonchev–Trinajstić information content (AvgIpc) is 2.78. The molecule has 0 fully saturated rings. The molecular formula is C24H33N3O4S. The van der Waals surface area contributed by atoms with E-state index in [-0.39, 0.29) is 16.7 Å². The van der Waals surface area contributed by atoms with Crippen molar-refractivity contribution in [1.82, 2.24) is 4.31 Å². The van der Waals surface area contributed by atoms with E-state index in [0.29, 0.717) is 36.4 Å². The van der Waals surface area contributed by atoms with Crippen LogP contribution in [0.3, 0.4) is 0 Å². The molecule has 32 heavy (non-hydrogen) atoms. The summed E-state index contributed by atoms with van der Waals surface area (Å²) in [5.41, 5.74) is 1.58. The molecule has 0 aliphatic carbocycles. The third-order valence-electron chi connectivity index (χ3n) is 4.88. The summed E-state index contributed by atoms with van der Waals surface area (Å²) in [6, 6.07) is 12.8. The highest BCUT2D eigenvalue weighted by atomic mass is 32.2. The number of benzene rings is 2. The van der Waals surface area contributed by atoms with Gasteiger partial charge in [-0.05, 0) is 67.8 Å². The Kier molecular flexibility index (Phi) is 9.87. The molecular weight excluding hydrogens is 426 g/mol. The van der Waals surface area contributed by atoms with E-state index in [9.17, 15) is 18.0 Å². The fourth-order valence-corrected chi connectivity index (χ4v) is 4.80. The lowest BCUT2D eigenvalue weighted by Crippen LogP contribution is -2.32. The molecule has 0 saturated carbocycles. The molecule has 0 unspecified atom stereocenters. The normalized spacial score (nSPS) is 11.4. The van der Waals surface area contributed by atoms with Crippen LogP contribution in [0.25, 0.3) is 0 Å². The molecule has 2 N–H and O–H groups in total. The van der Waals surface area contributed by atoms with Crippen LogP contribution >= 0.6 is 0 Å². The van der Waals surface area contributed by atoms with E-state index in [1.807, 2.05) is 20.8 Å². The minimum Gasteiger partial charge on any atom is -0.326 e. The highest BCUT2D eigenvalue weighted by Crippen LogP contribution is 2.20. The molecule has 0 atom stereocenters. The molecule has 2 rings (SSSR count). The van der Waals surface area contributed by atoms with Crippen molar-refractivity contribution in [3.63, 3.8) is 0 Å². The summed E-state index contributed by atoms with van der Waals surface area (Å²) in [6.07, 6.45) is 3.75. The molecule has 0 aliphatic rings. The molecule has 0 radical (unpaired) electrons. The van der Waals surface area contributed by atoms with Gasteiger partial charge in [-0.2, -0.15) is 4.31 Å². The fraction of sp³-hybridized carbons (Fsp3) is 0.417. The Balaban J connectivity index is 2.02. The van der Waals surface area contributed by atoms with Gasteiger partial charge in [0.05, 0.1) is 4.90 Å². The number of sulfonamides is 1. The molecule has 7 nitrogen and oxygen atoms in total. The van der Waals surface area contributed by atoms with Crippen LogP contribution in [0, 0.1) is 0 Å². The summed E-state index contributed by atoms with van der Waals surface area (Å²) < 4.78 is 27.2. The van der Waals surface area contributed by atoms with Crippen molar-refractivity contribution < 1.29 is 18.0 Å². The first-order chi connectivity index (χ1) is 15.3. The van der Waals surface area contributed by atoms with E-state index in [1.165, 1.54) is 16.4 Å². The Morgan fingerprint density at radius 3 is 1.84 bits per heavy atom. The topological polar surface area (TPSA) is 95.6 Å². The molecule has 2 aromatic carbocycles. The Labute approximate surface area is 191 Å². The van der Waals surface area contributed by atoms with Gasteiger partial charge in [-0.3, -0.25) is 9.59 Å². The number of carbonyl (C=O) groups is 2. The van der Waals surface area contributed by atoms with Gasteiger partial charge < -0.3 is 10.6 Å². The highest BCUT2D eigenvalue weighted by molar-refractivity contribution is 7.89. The smallest absolute Gasteiger partial charge is 0.255 e. The molecule has 8 heteroatoms. The van der Waals surface area contributed by atoms with Crippen molar-refractivity contribution in [2.75, 3.05) is 23.7 Å². The van der Waals surface area contributed by atoms with E-state index < -0.39 is 10.0 Å². The zero-order valence-corrected chi connectivity index (χ0v) is 19.9. The number of unbranched alkanes of at least 4 members (excludes halogenated alkanes) is 1. The van der Waals surface area contributed by atoms with Gasteiger partial charge in [-0.1, -0.05) is 27.2 Å². The Bertz CT molecular complexity index is 981. The van der Waals surface area contributed by atoms with E-state index in [4.69, 9.17) is 0 Å². The molecule has 0 spiro atoms. The van der Waals surface area contributed by atoms with Gasteiger partial charge >= 0.3 is 0 Å². The maximum Gasteiger partial charge on any atom is 0.255 e. The summed E-state index contributed by atoms with van der Waals surface area (Å²) in [6.45, 7) is 6.88. The summed E-state index contributed by atoms with van der Waals surface area (Å²) in [4.78, 5) is 24.5. The predicted octanol–water partition coefficient (Wildman–Crippen LogP) is 4.88. The van der Waals surface area contributed by atoms with Crippen molar-refractivity contribution in [3.05, 3.63) is 54.1 Å². The minimum atomic E-state index is -3.56. The Hall–Kier alpha value is -2.71. The van der Waals surface area contributed by atoms with Gasteiger partial charge in [0.1, 0.15) is 0 Å². The highest BCUT2D eigenvalue weighted by Gasteiger charge is 2.22. The number of hydrogen-bond donors (Lipinski definition) is 2. The number of anilines is 2. The van der Waals surface area contributed by atoms with E-state index in [1.54, 1.807) is 36.4 Å². The van der Waals surface area contributed by atoms with Crippen LogP contribution in [0.4, 0.5) is 11.4 Å². The second-order valence-corrected chi connectivity index (χ2v) is 9.55. The van der Waals surface area contributed by atoms with Gasteiger partial charge in [0, 0.05) is 36.4 Å².